The standard InChI is InChI=1S/C23H23ClN2O4S/c1-3-31(28,29)20-11-9-17(10-12-20)13-22(27)26-19-14-21(24)23(25-15-19)30-16(2)18-7-5-4-6-8-18/h4-12,14-16H,3,13H2,1-2H3,(H,26,27)/t16-/m1/s1. The first-order valence-corrected chi connectivity index (χ1v) is 11.8. The van der Waals surface area contributed by atoms with E-state index in [1.165, 1.54) is 18.3 Å². The van der Waals surface area contributed by atoms with Gasteiger partial charge in [0.2, 0.25) is 11.8 Å². The molecule has 31 heavy (non-hydrogen) atoms. The van der Waals surface area contributed by atoms with Crippen LogP contribution in [0, 0.1) is 0 Å². The third-order valence-electron chi connectivity index (χ3n) is 4.68. The van der Waals surface area contributed by atoms with Gasteiger partial charge in [-0.1, -0.05) is 61.0 Å². The Morgan fingerprint density at radius 2 is 1.81 bits per heavy atom. The van der Waals surface area contributed by atoms with Crippen molar-refractivity contribution in [1.29, 1.82) is 0 Å². The monoisotopic (exact) mass is 458 g/mol. The summed E-state index contributed by atoms with van der Waals surface area (Å²) in [5.41, 5.74) is 2.14. The molecule has 6 nitrogen and oxygen atoms in total. The van der Waals surface area contributed by atoms with Crippen LogP contribution in [0.1, 0.15) is 31.1 Å². The summed E-state index contributed by atoms with van der Waals surface area (Å²) in [6.07, 6.45) is 1.34. The summed E-state index contributed by atoms with van der Waals surface area (Å²) < 4.78 is 29.6. The number of hydrogen-bond acceptors (Lipinski definition) is 5. The van der Waals surface area contributed by atoms with Crippen LogP contribution in [0.2, 0.25) is 5.02 Å². The number of nitrogens with zero attached hydrogens (tertiary/aromatic N) is 1. The average Bonchev–Trinajstić information content (AvgIpc) is 2.76. The number of halogens is 1. The van der Waals surface area contributed by atoms with Gasteiger partial charge in [0.25, 0.3) is 0 Å². The van der Waals surface area contributed by atoms with Crippen LogP contribution in [0.3, 0.4) is 0 Å². The van der Waals surface area contributed by atoms with E-state index in [2.05, 4.69) is 10.3 Å². The molecular formula is C23H23ClN2O4S. The lowest BCUT2D eigenvalue weighted by atomic mass is 10.1. The molecule has 0 fully saturated rings. The molecular weight excluding hydrogens is 436 g/mol. The first-order valence-electron chi connectivity index (χ1n) is 9.77. The normalized spacial score (nSPS) is 12.2. The van der Waals surface area contributed by atoms with E-state index in [9.17, 15) is 13.2 Å². The largest absolute Gasteiger partial charge is 0.469 e. The maximum absolute atomic E-state index is 12.3. The Balaban J connectivity index is 1.61. The molecule has 0 aliphatic rings. The molecule has 3 aromatic rings. The second kappa shape index (κ2) is 9.94. The zero-order valence-electron chi connectivity index (χ0n) is 17.2. The molecule has 0 aliphatic carbocycles. The Morgan fingerprint density at radius 1 is 1.13 bits per heavy atom. The van der Waals surface area contributed by atoms with E-state index in [0.29, 0.717) is 11.3 Å². The first-order chi connectivity index (χ1) is 14.8. The Kier molecular flexibility index (Phi) is 7.30. The highest BCUT2D eigenvalue weighted by Crippen LogP contribution is 2.29. The molecule has 1 heterocycles. The summed E-state index contributed by atoms with van der Waals surface area (Å²) >= 11 is 6.28. The highest BCUT2D eigenvalue weighted by atomic mass is 35.5. The minimum atomic E-state index is -3.26. The summed E-state index contributed by atoms with van der Waals surface area (Å²) in [6.45, 7) is 3.49. The fourth-order valence-electron chi connectivity index (χ4n) is 2.91. The summed E-state index contributed by atoms with van der Waals surface area (Å²) in [5.74, 6) is 0.0452. The predicted molar refractivity (Wildman–Crippen MR) is 121 cm³/mol. The molecule has 1 amide bonds. The second-order valence-electron chi connectivity index (χ2n) is 6.95. The molecule has 0 saturated carbocycles. The van der Waals surface area contributed by atoms with Crippen LogP contribution in [-0.4, -0.2) is 25.1 Å². The summed E-state index contributed by atoms with van der Waals surface area (Å²) in [4.78, 5) is 16.8. The summed E-state index contributed by atoms with van der Waals surface area (Å²) in [5, 5.41) is 3.03. The molecule has 162 valence electrons. The molecule has 8 heteroatoms. The molecule has 0 unspecified atom stereocenters. The van der Waals surface area contributed by atoms with Crippen molar-refractivity contribution >= 4 is 33.0 Å². The van der Waals surface area contributed by atoms with Crippen LogP contribution in [0.25, 0.3) is 0 Å². The zero-order valence-corrected chi connectivity index (χ0v) is 18.8. The van der Waals surface area contributed by atoms with E-state index in [1.807, 2.05) is 37.3 Å². The van der Waals surface area contributed by atoms with Gasteiger partial charge in [-0.15, -0.1) is 0 Å². The molecule has 0 saturated heterocycles. The Labute approximate surface area is 187 Å². The number of amides is 1. The molecule has 0 bridgehead atoms. The lowest BCUT2D eigenvalue weighted by Gasteiger charge is -2.15. The number of rotatable bonds is 8. The highest BCUT2D eigenvalue weighted by Gasteiger charge is 2.14. The van der Waals surface area contributed by atoms with Gasteiger partial charge in [0, 0.05) is 0 Å². The third kappa shape index (κ3) is 6.06. The van der Waals surface area contributed by atoms with Crippen LogP contribution < -0.4 is 10.1 Å². The number of aromatic nitrogens is 1. The van der Waals surface area contributed by atoms with Crippen molar-refractivity contribution in [3.8, 4) is 5.88 Å². The number of carbonyl (C=O) groups is 1. The Hall–Kier alpha value is -2.90. The van der Waals surface area contributed by atoms with E-state index in [-0.39, 0.29) is 40.0 Å². The molecule has 1 N–H and O–H groups in total. The zero-order chi connectivity index (χ0) is 22.4. The second-order valence-corrected chi connectivity index (χ2v) is 9.64. The van der Waals surface area contributed by atoms with Crippen molar-refractivity contribution in [3.63, 3.8) is 0 Å². The van der Waals surface area contributed by atoms with Crippen LogP contribution in [0.15, 0.2) is 71.8 Å². The number of anilines is 1. The Morgan fingerprint density at radius 3 is 2.42 bits per heavy atom. The molecule has 2 aromatic carbocycles. The molecule has 0 spiro atoms. The fourth-order valence-corrected chi connectivity index (χ4v) is 4.01. The fraction of sp³-hybridized carbons (Fsp3) is 0.217. The lowest BCUT2D eigenvalue weighted by molar-refractivity contribution is -0.115. The van der Waals surface area contributed by atoms with Crippen molar-refractivity contribution in [2.75, 3.05) is 11.1 Å². The molecule has 0 radical (unpaired) electrons. The molecule has 0 aliphatic heterocycles. The maximum atomic E-state index is 12.3. The number of sulfone groups is 1. The highest BCUT2D eigenvalue weighted by molar-refractivity contribution is 7.91. The lowest BCUT2D eigenvalue weighted by Crippen LogP contribution is -2.15. The Bertz CT molecular complexity index is 1150. The van der Waals surface area contributed by atoms with Crippen LogP contribution >= 0.6 is 11.6 Å². The predicted octanol–water partition coefficient (Wildman–Crippen LogP) is 4.85. The third-order valence-corrected chi connectivity index (χ3v) is 6.70. The van der Waals surface area contributed by atoms with Gasteiger partial charge in [-0.2, -0.15) is 0 Å². The average molecular weight is 459 g/mol. The number of benzene rings is 2. The number of nitrogens with one attached hydrogen (secondary N) is 1. The van der Waals surface area contributed by atoms with Crippen molar-refractivity contribution in [1.82, 2.24) is 4.98 Å². The van der Waals surface area contributed by atoms with E-state index in [0.717, 1.165) is 5.56 Å². The van der Waals surface area contributed by atoms with Crippen LogP contribution in [0.4, 0.5) is 5.69 Å². The van der Waals surface area contributed by atoms with E-state index >= 15 is 0 Å². The van der Waals surface area contributed by atoms with Gasteiger partial charge in [0.15, 0.2) is 9.84 Å². The number of ether oxygens (including phenoxy) is 1. The van der Waals surface area contributed by atoms with Crippen molar-refractivity contribution in [2.24, 2.45) is 0 Å². The molecule has 1 atom stereocenters. The van der Waals surface area contributed by atoms with Crippen molar-refractivity contribution in [2.45, 2.75) is 31.3 Å². The van der Waals surface area contributed by atoms with Gasteiger partial charge >= 0.3 is 0 Å². The van der Waals surface area contributed by atoms with Crippen molar-refractivity contribution in [3.05, 3.63) is 83.0 Å². The molecule has 1 aromatic heterocycles. The van der Waals surface area contributed by atoms with Crippen LogP contribution in [0.5, 0.6) is 5.88 Å². The molecule has 3 rings (SSSR count). The van der Waals surface area contributed by atoms with Gasteiger partial charge in [-0.25, -0.2) is 13.4 Å². The van der Waals surface area contributed by atoms with Gasteiger partial charge in [-0.05, 0) is 36.2 Å². The first kappa shape index (κ1) is 22.8. The van der Waals surface area contributed by atoms with E-state index < -0.39 is 9.84 Å². The number of carbonyl (C=O) groups excluding carboxylic acids is 1. The van der Waals surface area contributed by atoms with Gasteiger partial charge in [-0.3, -0.25) is 4.79 Å². The van der Waals surface area contributed by atoms with Gasteiger partial charge < -0.3 is 10.1 Å². The topological polar surface area (TPSA) is 85.4 Å². The SMILES string of the molecule is CCS(=O)(=O)c1ccc(CC(=O)Nc2cnc(O[C@H](C)c3ccccc3)c(Cl)c2)cc1. The maximum Gasteiger partial charge on any atom is 0.233 e. The number of hydrogen-bond donors (Lipinski definition) is 1. The van der Waals surface area contributed by atoms with E-state index in [1.54, 1.807) is 25.1 Å². The smallest absolute Gasteiger partial charge is 0.233 e. The summed E-state index contributed by atoms with van der Waals surface area (Å²) in [6, 6.07) is 17.6. The van der Waals surface area contributed by atoms with Gasteiger partial charge in [0.05, 0.1) is 29.0 Å². The van der Waals surface area contributed by atoms with E-state index in [4.69, 9.17) is 16.3 Å². The van der Waals surface area contributed by atoms with Crippen LogP contribution in [-0.2, 0) is 21.1 Å². The minimum absolute atomic E-state index is 0.0322. The number of pyridine rings is 1. The van der Waals surface area contributed by atoms with Crippen molar-refractivity contribution < 1.29 is 17.9 Å². The minimum Gasteiger partial charge on any atom is -0.469 e. The summed E-state index contributed by atoms with van der Waals surface area (Å²) in [7, 11) is -3.26. The van der Waals surface area contributed by atoms with Gasteiger partial charge in [0.1, 0.15) is 11.1 Å². The quantitative estimate of drug-likeness (QED) is 0.521.